The van der Waals surface area contributed by atoms with Gasteiger partial charge in [0.15, 0.2) is 0 Å². The molecule has 0 aliphatic heterocycles. The Bertz CT molecular complexity index is 1920. The summed E-state index contributed by atoms with van der Waals surface area (Å²) in [6.45, 7) is 3.73. The summed E-state index contributed by atoms with van der Waals surface area (Å²) in [6, 6.07) is 21.0. The summed E-state index contributed by atoms with van der Waals surface area (Å²) in [4.78, 5) is 12.3. The van der Waals surface area contributed by atoms with Gasteiger partial charge in [-0.2, -0.15) is 16.8 Å². The standard InChI is InChI=1S/C27H20O8S2/c1-17-3-7-19(8-4-17)34-36(29,30)21-11-13-23-24-14-12-22(16-26(24)33-27(28)25(23)15-21)37(31,32)35-20-9-5-18(2)6-10-20/h3-16H,1-2H3. The number of hydrogen-bond acceptors (Lipinski definition) is 8. The zero-order valence-corrected chi connectivity index (χ0v) is 21.3. The molecule has 5 rings (SSSR count). The van der Waals surface area contributed by atoms with E-state index in [1.807, 2.05) is 13.8 Å². The molecule has 10 heteroatoms. The molecule has 37 heavy (non-hydrogen) atoms. The van der Waals surface area contributed by atoms with Gasteiger partial charge in [0.2, 0.25) is 0 Å². The topological polar surface area (TPSA) is 117 Å². The molecule has 0 aliphatic carbocycles. The summed E-state index contributed by atoms with van der Waals surface area (Å²) in [7, 11) is -8.42. The van der Waals surface area contributed by atoms with E-state index in [0.29, 0.717) is 10.8 Å². The van der Waals surface area contributed by atoms with Gasteiger partial charge in [-0.15, -0.1) is 0 Å². The van der Waals surface area contributed by atoms with Gasteiger partial charge in [-0.25, -0.2) is 4.79 Å². The Morgan fingerprint density at radius 1 is 0.568 bits per heavy atom. The predicted molar refractivity (Wildman–Crippen MR) is 138 cm³/mol. The molecular weight excluding hydrogens is 516 g/mol. The van der Waals surface area contributed by atoms with Crippen molar-refractivity contribution in [1.29, 1.82) is 0 Å². The van der Waals surface area contributed by atoms with Gasteiger partial charge in [0.25, 0.3) is 0 Å². The van der Waals surface area contributed by atoms with E-state index in [-0.39, 0.29) is 32.3 Å². The van der Waals surface area contributed by atoms with E-state index in [9.17, 15) is 21.6 Å². The molecule has 0 aliphatic rings. The first-order valence-electron chi connectivity index (χ1n) is 11.0. The Morgan fingerprint density at radius 2 is 1.03 bits per heavy atom. The Labute approximate surface area is 213 Å². The van der Waals surface area contributed by atoms with Crippen molar-refractivity contribution in [3.8, 4) is 11.5 Å². The fourth-order valence-electron chi connectivity index (χ4n) is 3.74. The zero-order valence-electron chi connectivity index (χ0n) is 19.7. The molecule has 0 saturated carbocycles. The predicted octanol–water partition coefficient (Wildman–Crippen LogP) is 5.10. The van der Waals surface area contributed by atoms with Gasteiger partial charge in [-0.05, 0) is 62.4 Å². The second-order valence-corrected chi connectivity index (χ2v) is 11.5. The third kappa shape index (κ3) is 4.93. The average Bonchev–Trinajstić information content (AvgIpc) is 2.86. The summed E-state index contributed by atoms with van der Waals surface area (Å²) in [6.07, 6.45) is 0. The maximum atomic E-state index is 12.8. The molecule has 5 aromatic rings. The van der Waals surface area contributed by atoms with Crippen molar-refractivity contribution >= 4 is 42.0 Å². The highest BCUT2D eigenvalue weighted by Crippen LogP contribution is 2.29. The number of benzene rings is 4. The van der Waals surface area contributed by atoms with E-state index in [4.69, 9.17) is 12.8 Å². The molecule has 0 amide bonds. The van der Waals surface area contributed by atoms with Gasteiger partial charge >= 0.3 is 25.9 Å². The fourth-order valence-corrected chi connectivity index (χ4v) is 5.64. The van der Waals surface area contributed by atoms with Crippen LogP contribution in [0.3, 0.4) is 0 Å². The summed E-state index contributed by atoms with van der Waals surface area (Å²) >= 11 is 0. The normalized spacial score (nSPS) is 12.1. The molecule has 0 bridgehead atoms. The van der Waals surface area contributed by atoms with Crippen molar-refractivity contribution in [3.63, 3.8) is 0 Å². The third-order valence-corrected chi connectivity index (χ3v) is 8.17. The van der Waals surface area contributed by atoms with Crippen molar-refractivity contribution in [1.82, 2.24) is 0 Å². The van der Waals surface area contributed by atoms with Crippen molar-refractivity contribution in [2.45, 2.75) is 23.6 Å². The lowest BCUT2D eigenvalue weighted by molar-refractivity contribution is 0.484. The monoisotopic (exact) mass is 536 g/mol. The molecule has 0 saturated heterocycles. The first-order valence-corrected chi connectivity index (χ1v) is 13.9. The number of aryl methyl sites for hydroxylation is 2. The van der Waals surface area contributed by atoms with Gasteiger partial charge in [0.1, 0.15) is 26.9 Å². The summed E-state index contributed by atoms with van der Waals surface area (Å²) < 4.78 is 66.9. The van der Waals surface area contributed by atoms with Gasteiger partial charge < -0.3 is 12.8 Å². The van der Waals surface area contributed by atoms with Crippen LogP contribution in [0.25, 0.3) is 21.7 Å². The highest BCUT2D eigenvalue weighted by atomic mass is 32.2. The molecule has 0 unspecified atom stereocenters. The molecule has 188 valence electrons. The highest BCUT2D eigenvalue weighted by Gasteiger charge is 2.21. The largest absolute Gasteiger partial charge is 0.422 e. The van der Waals surface area contributed by atoms with E-state index < -0.39 is 25.9 Å². The maximum absolute atomic E-state index is 12.8. The molecule has 4 aromatic carbocycles. The Kier molecular flexibility index (Phi) is 6.01. The number of hydrogen-bond donors (Lipinski definition) is 0. The summed E-state index contributed by atoms with van der Waals surface area (Å²) in [5, 5.41) is 0.823. The van der Waals surface area contributed by atoms with Gasteiger partial charge in [0.05, 0.1) is 5.39 Å². The molecule has 0 atom stereocenters. The second kappa shape index (κ2) is 9.06. The van der Waals surface area contributed by atoms with E-state index >= 15 is 0 Å². The zero-order chi connectivity index (χ0) is 26.4. The van der Waals surface area contributed by atoms with Crippen LogP contribution < -0.4 is 14.0 Å². The molecule has 0 spiro atoms. The Balaban J connectivity index is 1.52. The van der Waals surface area contributed by atoms with Crippen LogP contribution >= 0.6 is 0 Å². The maximum Gasteiger partial charge on any atom is 0.344 e. The molecule has 0 radical (unpaired) electrons. The fraction of sp³-hybridized carbons (Fsp3) is 0.0741. The first-order chi connectivity index (χ1) is 17.5. The molecule has 0 N–H and O–H groups in total. The molecule has 1 aromatic heterocycles. The quantitative estimate of drug-likeness (QED) is 0.167. The molecule has 8 nitrogen and oxygen atoms in total. The van der Waals surface area contributed by atoms with Crippen molar-refractivity contribution in [3.05, 3.63) is 106 Å². The molecule has 1 heterocycles. The van der Waals surface area contributed by atoms with Crippen LogP contribution in [0.2, 0.25) is 0 Å². The SMILES string of the molecule is Cc1ccc(OS(=O)(=O)c2ccc3c(c2)oc(=O)c2cc(S(=O)(=O)Oc4ccc(C)cc4)ccc23)cc1. The minimum absolute atomic E-state index is 0.00703. The van der Waals surface area contributed by atoms with E-state index in [0.717, 1.165) is 11.1 Å². The van der Waals surface area contributed by atoms with Crippen LogP contribution in [-0.4, -0.2) is 16.8 Å². The van der Waals surface area contributed by atoms with Gasteiger partial charge in [-0.1, -0.05) is 41.5 Å². The Morgan fingerprint density at radius 3 is 1.54 bits per heavy atom. The van der Waals surface area contributed by atoms with Gasteiger partial charge in [-0.3, -0.25) is 0 Å². The van der Waals surface area contributed by atoms with Crippen LogP contribution in [0.5, 0.6) is 11.5 Å². The summed E-state index contributed by atoms with van der Waals surface area (Å²) in [5.74, 6) is 0.282. The van der Waals surface area contributed by atoms with Crippen molar-refractivity contribution in [2.75, 3.05) is 0 Å². The molecular formula is C27H20O8S2. The smallest absolute Gasteiger partial charge is 0.344 e. The van der Waals surface area contributed by atoms with E-state index in [1.165, 1.54) is 60.7 Å². The minimum atomic E-state index is -4.22. The van der Waals surface area contributed by atoms with Crippen molar-refractivity contribution in [2.24, 2.45) is 0 Å². The Hall–Kier alpha value is -4.15. The van der Waals surface area contributed by atoms with Crippen LogP contribution in [-0.2, 0) is 20.2 Å². The third-order valence-electron chi connectivity index (χ3n) is 5.69. The van der Waals surface area contributed by atoms with Crippen LogP contribution in [0.15, 0.2) is 104 Å². The lowest BCUT2D eigenvalue weighted by Crippen LogP contribution is -2.11. The lowest BCUT2D eigenvalue weighted by atomic mass is 10.1. The van der Waals surface area contributed by atoms with Gasteiger partial charge in [0, 0.05) is 16.8 Å². The minimum Gasteiger partial charge on any atom is -0.422 e. The van der Waals surface area contributed by atoms with Crippen LogP contribution in [0.1, 0.15) is 11.1 Å². The van der Waals surface area contributed by atoms with E-state index in [2.05, 4.69) is 0 Å². The van der Waals surface area contributed by atoms with E-state index in [1.54, 1.807) is 24.3 Å². The second-order valence-electron chi connectivity index (χ2n) is 8.46. The summed E-state index contributed by atoms with van der Waals surface area (Å²) in [5.41, 5.74) is 1.07. The van der Waals surface area contributed by atoms with Crippen LogP contribution in [0.4, 0.5) is 0 Å². The molecule has 0 fully saturated rings. The lowest BCUT2D eigenvalue weighted by Gasteiger charge is -2.10. The average molecular weight is 537 g/mol. The number of rotatable bonds is 6. The van der Waals surface area contributed by atoms with Crippen LogP contribution in [0, 0.1) is 13.8 Å². The number of fused-ring (bicyclic) bond motifs is 3. The van der Waals surface area contributed by atoms with Crippen molar-refractivity contribution < 1.29 is 29.6 Å². The highest BCUT2D eigenvalue weighted by molar-refractivity contribution is 7.87. The first kappa shape index (κ1) is 24.5.